The summed E-state index contributed by atoms with van der Waals surface area (Å²) in [6, 6.07) is 1.35. The molecule has 0 radical (unpaired) electrons. The first-order valence-electron chi connectivity index (χ1n) is 8.96. The second kappa shape index (κ2) is 9.42. The van der Waals surface area contributed by atoms with E-state index in [2.05, 4.69) is 22.6 Å². The first-order valence-corrected chi connectivity index (χ1v) is 8.96. The number of hydrogen-bond donors (Lipinski definition) is 2. The summed E-state index contributed by atoms with van der Waals surface area (Å²) in [6.07, 6.45) is 13.1. The maximum absolute atomic E-state index is 11.8. The summed E-state index contributed by atoms with van der Waals surface area (Å²) in [7, 11) is 2.24. The fraction of sp³-hybridized carbons (Fsp3) is 0.941. The van der Waals surface area contributed by atoms with E-state index in [0.29, 0.717) is 12.6 Å². The predicted octanol–water partition coefficient (Wildman–Crippen LogP) is 2.29. The molecule has 2 aliphatic rings. The van der Waals surface area contributed by atoms with Gasteiger partial charge in [0.2, 0.25) is 5.91 Å². The smallest absolute Gasteiger partial charge is 0.233 e. The lowest BCUT2D eigenvalue weighted by Crippen LogP contribution is -2.39. The molecular formula is C17H33N3O. The summed E-state index contributed by atoms with van der Waals surface area (Å²) < 4.78 is 0. The molecule has 0 aliphatic heterocycles. The Labute approximate surface area is 130 Å². The molecule has 2 fully saturated rings. The summed E-state index contributed by atoms with van der Waals surface area (Å²) in [6.45, 7) is 2.40. The van der Waals surface area contributed by atoms with Crippen molar-refractivity contribution in [2.24, 2.45) is 0 Å². The third-order valence-corrected chi connectivity index (χ3v) is 5.11. The lowest BCUT2D eigenvalue weighted by Gasteiger charge is -2.31. The van der Waals surface area contributed by atoms with Gasteiger partial charge in [-0.25, -0.2) is 0 Å². The minimum Gasteiger partial charge on any atom is -0.355 e. The van der Waals surface area contributed by atoms with Gasteiger partial charge < -0.3 is 15.5 Å². The monoisotopic (exact) mass is 295 g/mol. The second-order valence-corrected chi connectivity index (χ2v) is 6.84. The first kappa shape index (κ1) is 16.8. The molecule has 1 amide bonds. The molecule has 0 spiro atoms. The van der Waals surface area contributed by atoms with Crippen LogP contribution in [0.5, 0.6) is 0 Å². The Hall–Kier alpha value is -0.610. The van der Waals surface area contributed by atoms with Crippen molar-refractivity contribution in [1.82, 2.24) is 15.5 Å². The zero-order valence-corrected chi connectivity index (χ0v) is 13.7. The van der Waals surface area contributed by atoms with Crippen molar-refractivity contribution in [3.63, 3.8) is 0 Å². The largest absolute Gasteiger partial charge is 0.355 e. The van der Waals surface area contributed by atoms with Gasteiger partial charge in [-0.15, -0.1) is 0 Å². The van der Waals surface area contributed by atoms with Gasteiger partial charge in [0.25, 0.3) is 0 Å². The molecule has 0 aromatic carbocycles. The van der Waals surface area contributed by atoms with Gasteiger partial charge in [-0.05, 0) is 45.7 Å². The van der Waals surface area contributed by atoms with Gasteiger partial charge in [0.1, 0.15) is 0 Å². The van der Waals surface area contributed by atoms with E-state index in [9.17, 15) is 4.79 Å². The van der Waals surface area contributed by atoms with Crippen LogP contribution in [0.4, 0.5) is 0 Å². The first-order chi connectivity index (χ1) is 10.3. The molecule has 4 nitrogen and oxygen atoms in total. The number of nitrogens with zero attached hydrogens (tertiary/aromatic N) is 1. The van der Waals surface area contributed by atoms with Crippen LogP contribution in [0.15, 0.2) is 0 Å². The van der Waals surface area contributed by atoms with Crippen molar-refractivity contribution in [1.29, 1.82) is 0 Å². The third kappa shape index (κ3) is 6.35. The lowest BCUT2D eigenvalue weighted by atomic mass is 9.94. The van der Waals surface area contributed by atoms with E-state index in [4.69, 9.17) is 0 Å². The molecule has 122 valence electrons. The maximum atomic E-state index is 11.8. The van der Waals surface area contributed by atoms with Crippen LogP contribution in [0, 0.1) is 0 Å². The van der Waals surface area contributed by atoms with E-state index >= 15 is 0 Å². The molecule has 0 atom stereocenters. The van der Waals surface area contributed by atoms with E-state index in [-0.39, 0.29) is 5.91 Å². The normalized spacial score (nSPS) is 21.0. The number of carbonyl (C=O) groups is 1. The van der Waals surface area contributed by atoms with Crippen molar-refractivity contribution in [2.75, 3.05) is 26.7 Å². The van der Waals surface area contributed by atoms with Crippen molar-refractivity contribution >= 4 is 5.91 Å². The molecule has 21 heavy (non-hydrogen) atoms. The topological polar surface area (TPSA) is 44.4 Å². The van der Waals surface area contributed by atoms with Gasteiger partial charge in [-0.3, -0.25) is 4.79 Å². The highest BCUT2D eigenvalue weighted by molar-refractivity contribution is 5.77. The number of carbonyl (C=O) groups excluding carboxylic acids is 1. The summed E-state index contributed by atoms with van der Waals surface area (Å²) >= 11 is 0. The van der Waals surface area contributed by atoms with Crippen LogP contribution in [0.2, 0.25) is 0 Å². The quantitative estimate of drug-likeness (QED) is 0.675. The summed E-state index contributed by atoms with van der Waals surface area (Å²) in [5.41, 5.74) is 0. The van der Waals surface area contributed by atoms with E-state index in [0.717, 1.165) is 25.6 Å². The fourth-order valence-corrected chi connectivity index (χ4v) is 3.69. The van der Waals surface area contributed by atoms with Crippen molar-refractivity contribution < 1.29 is 4.79 Å². The zero-order valence-electron chi connectivity index (χ0n) is 13.7. The van der Waals surface area contributed by atoms with Crippen molar-refractivity contribution in [3.05, 3.63) is 0 Å². The number of rotatable bonds is 8. The fourth-order valence-electron chi connectivity index (χ4n) is 3.69. The van der Waals surface area contributed by atoms with Gasteiger partial charge in [0.15, 0.2) is 0 Å². The Morgan fingerprint density at radius 1 is 1.05 bits per heavy atom. The number of amides is 1. The van der Waals surface area contributed by atoms with Gasteiger partial charge in [0, 0.05) is 18.6 Å². The summed E-state index contributed by atoms with van der Waals surface area (Å²) in [4.78, 5) is 14.2. The van der Waals surface area contributed by atoms with Crippen LogP contribution in [0.3, 0.4) is 0 Å². The van der Waals surface area contributed by atoms with Gasteiger partial charge >= 0.3 is 0 Å². The number of hydrogen-bond acceptors (Lipinski definition) is 3. The van der Waals surface area contributed by atoms with Crippen LogP contribution in [0.1, 0.15) is 64.2 Å². The van der Waals surface area contributed by atoms with Crippen LogP contribution in [-0.2, 0) is 4.79 Å². The molecule has 4 heteroatoms. The predicted molar refractivity (Wildman–Crippen MR) is 87.4 cm³/mol. The Balaban J connectivity index is 1.47. The maximum Gasteiger partial charge on any atom is 0.233 e. The van der Waals surface area contributed by atoms with Crippen molar-refractivity contribution in [3.8, 4) is 0 Å². The average Bonchev–Trinajstić information content (AvgIpc) is 3.03. The molecule has 2 saturated carbocycles. The van der Waals surface area contributed by atoms with E-state index < -0.39 is 0 Å². The Bertz CT molecular complexity index is 296. The highest BCUT2D eigenvalue weighted by Crippen LogP contribution is 2.21. The van der Waals surface area contributed by atoms with Crippen molar-refractivity contribution in [2.45, 2.75) is 76.3 Å². The molecular weight excluding hydrogens is 262 g/mol. The van der Waals surface area contributed by atoms with Crippen LogP contribution in [0.25, 0.3) is 0 Å². The molecule has 0 unspecified atom stereocenters. The average molecular weight is 295 g/mol. The molecule has 0 aromatic rings. The Morgan fingerprint density at radius 3 is 2.43 bits per heavy atom. The van der Waals surface area contributed by atoms with Crippen LogP contribution >= 0.6 is 0 Å². The van der Waals surface area contributed by atoms with Crippen LogP contribution < -0.4 is 10.6 Å². The minimum atomic E-state index is 0.155. The lowest BCUT2D eigenvalue weighted by molar-refractivity contribution is -0.120. The summed E-state index contributed by atoms with van der Waals surface area (Å²) in [5, 5.41) is 6.40. The molecule has 0 heterocycles. The van der Waals surface area contributed by atoms with Gasteiger partial charge in [0.05, 0.1) is 6.54 Å². The van der Waals surface area contributed by atoms with Crippen LogP contribution in [-0.4, -0.2) is 49.6 Å². The van der Waals surface area contributed by atoms with E-state index in [1.54, 1.807) is 0 Å². The van der Waals surface area contributed by atoms with Gasteiger partial charge in [-0.2, -0.15) is 0 Å². The number of nitrogens with one attached hydrogen (secondary N) is 2. The SMILES string of the molecule is CN(CCCNC(=O)CNC1CCCC1)C1CCCCC1. The standard InChI is InChI=1S/C17H33N3O/c1-20(16-10-3-2-4-11-16)13-7-12-18-17(21)14-19-15-8-5-6-9-15/h15-16,19H,2-14H2,1H3,(H,18,21). The van der Waals surface area contributed by atoms with Gasteiger partial charge in [-0.1, -0.05) is 32.1 Å². The Morgan fingerprint density at radius 2 is 1.71 bits per heavy atom. The minimum absolute atomic E-state index is 0.155. The molecule has 2 aliphatic carbocycles. The highest BCUT2D eigenvalue weighted by Gasteiger charge is 2.17. The highest BCUT2D eigenvalue weighted by atomic mass is 16.1. The van der Waals surface area contributed by atoms with E-state index in [1.165, 1.54) is 57.8 Å². The van der Waals surface area contributed by atoms with E-state index in [1.807, 2.05) is 0 Å². The molecule has 0 bridgehead atoms. The zero-order chi connectivity index (χ0) is 14.9. The molecule has 2 N–H and O–H groups in total. The Kier molecular flexibility index (Phi) is 7.51. The third-order valence-electron chi connectivity index (χ3n) is 5.11. The molecule has 0 aromatic heterocycles. The second-order valence-electron chi connectivity index (χ2n) is 6.84. The summed E-state index contributed by atoms with van der Waals surface area (Å²) in [5.74, 6) is 0.155. The molecule has 0 saturated heterocycles. The molecule has 2 rings (SSSR count).